The van der Waals surface area contributed by atoms with Gasteiger partial charge in [0, 0.05) is 17.5 Å². The Morgan fingerprint density at radius 3 is 2.25 bits per heavy atom. The normalized spacial score (nSPS) is 12.9. The molecule has 0 amide bonds. The average Bonchev–Trinajstić information content (AvgIpc) is 2.85. The van der Waals surface area contributed by atoms with Gasteiger partial charge in [-0.25, -0.2) is 0 Å². The Kier molecular flexibility index (Phi) is 5.00. The van der Waals surface area contributed by atoms with E-state index in [1.165, 1.54) is 27.1 Å². The van der Waals surface area contributed by atoms with Crippen molar-refractivity contribution in [3.05, 3.63) is 56.8 Å². The lowest BCUT2D eigenvalue weighted by Crippen LogP contribution is -2.25. The maximum absolute atomic E-state index is 3.75. The van der Waals surface area contributed by atoms with Gasteiger partial charge in [0.15, 0.2) is 0 Å². The first-order valence-corrected chi connectivity index (χ1v) is 8.20. The molecule has 0 spiro atoms. The van der Waals surface area contributed by atoms with Crippen molar-refractivity contribution >= 4 is 11.3 Å². The van der Waals surface area contributed by atoms with Crippen LogP contribution in [0.15, 0.2) is 29.6 Å². The van der Waals surface area contributed by atoms with E-state index in [0.29, 0.717) is 12.0 Å². The maximum atomic E-state index is 3.75. The molecule has 0 aliphatic rings. The van der Waals surface area contributed by atoms with Crippen molar-refractivity contribution in [1.82, 2.24) is 5.32 Å². The van der Waals surface area contributed by atoms with Crippen LogP contribution in [0.1, 0.15) is 47.0 Å². The van der Waals surface area contributed by atoms with Gasteiger partial charge in [-0.2, -0.15) is 0 Å². The van der Waals surface area contributed by atoms with Crippen LogP contribution in [0, 0.1) is 26.7 Å². The van der Waals surface area contributed by atoms with Crippen molar-refractivity contribution < 1.29 is 0 Å². The van der Waals surface area contributed by atoms with Crippen LogP contribution in [0.5, 0.6) is 0 Å². The van der Waals surface area contributed by atoms with Crippen LogP contribution in [0.25, 0.3) is 0 Å². The van der Waals surface area contributed by atoms with Gasteiger partial charge in [0.1, 0.15) is 0 Å². The van der Waals surface area contributed by atoms with E-state index in [-0.39, 0.29) is 0 Å². The zero-order valence-corrected chi connectivity index (χ0v) is 14.0. The maximum Gasteiger partial charge on any atom is 0.0440 e. The molecule has 0 bridgehead atoms. The van der Waals surface area contributed by atoms with Crippen molar-refractivity contribution in [2.24, 2.45) is 5.92 Å². The summed E-state index contributed by atoms with van der Waals surface area (Å²) in [6, 6.07) is 9.37. The molecule has 108 valence electrons. The minimum Gasteiger partial charge on any atom is -0.305 e. The van der Waals surface area contributed by atoms with Gasteiger partial charge < -0.3 is 5.32 Å². The molecule has 1 aromatic carbocycles. The number of aryl methyl sites for hydroxylation is 3. The summed E-state index contributed by atoms with van der Waals surface area (Å²) in [6.07, 6.45) is 0. The van der Waals surface area contributed by atoms with E-state index in [1.807, 2.05) is 11.3 Å². The van der Waals surface area contributed by atoms with Crippen LogP contribution in [-0.2, 0) is 6.54 Å². The molecule has 1 nitrogen and oxygen atoms in total. The first-order chi connectivity index (χ1) is 9.49. The van der Waals surface area contributed by atoms with Gasteiger partial charge in [-0.05, 0) is 54.8 Å². The van der Waals surface area contributed by atoms with Gasteiger partial charge >= 0.3 is 0 Å². The number of hydrogen-bond acceptors (Lipinski definition) is 2. The summed E-state index contributed by atoms with van der Waals surface area (Å²) < 4.78 is 0. The topological polar surface area (TPSA) is 12.0 Å². The van der Waals surface area contributed by atoms with Crippen LogP contribution in [0.2, 0.25) is 0 Å². The molecule has 1 heterocycles. The standard InChI is InChI=1S/C18H25NS/c1-12(2)18(17-7-6-8-20-17)19-11-16-14(4)9-13(3)10-15(16)5/h6-10,12,18-19H,11H2,1-5H3. The predicted octanol–water partition coefficient (Wildman–Crippen LogP) is 5.16. The van der Waals surface area contributed by atoms with Crippen LogP contribution in [-0.4, -0.2) is 0 Å². The highest BCUT2D eigenvalue weighted by Gasteiger charge is 2.16. The first kappa shape index (κ1) is 15.3. The molecule has 1 N–H and O–H groups in total. The molecule has 0 radical (unpaired) electrons. The Labute approximate surface area is 127 Å². The summed E-state index contributed by atoms with van der Waals surface area (Å²) >= 11 is 1.84. The first-order valence-electron chi connectivity index (χ1n) is 7.32. The second kappa shape index (κ2) is 6.55. The molecule has 2 heteroatoms. The number of nitrogens with one attached hydrogen (secondary N) is 1. The highest BCUT2D eigenvalue weighted by molar-refractivity contribution is 7.10. The SMILES string of the molecule is Cc1cc(C)c(CNC(c2cccs2)C(C)C)c(C)c1. The molecule has 0 fully saturated rings. The number of hydrogen-bond donors (Lipinski definition) is 1. The van der Waals surface area contributed by atoms with Crippen molar-refractivity contribution in [3.63, 3.8) is 0 Å². The third-order valence-corrected chi connectivity index (χ3v) is 4.81. The Bertz CT molecular complexity index is 532. The van der Waals surface area contributed by atoms with E-state index in [4.69, 9.17) is 0 Å². The van der Waals surface area contributed by atoms with E-state index in [1.54, 1.807) is 0 Å². The Balaban J connectivity index is 2.15. The smallest absolute Gasteiger partial charge is 0.0440 e. The van der Waals surface area contributed by atoms with Crippen LogP contribution >= 0.6 is 11.3 Å². The lowest BCUT2D eigenvalue weighted by molar-refractivity contribution is 0.416. The molecule has 1 aromatic heterocycles. The molecule has 0 saturated carbocycles. The lowest BCUT2D eigenvalue weighted by atomic mass is 9.98. The second-order valence-electron chi connectivity index (χ2n) is 6.00. The van der Waals surface area contributed by atoms with Crippen molar-refractivity contribution in [2.45, 2.75) is 47.2 Å². The highest BCUT2D eigenvalue weighted by Crippen LogP contribution is 2.27. The fourth-order valence-electron chi connectivity index (χ4n) is 2.83. The third-order valence-electron chi connectivity index (χ3n) is 3.86. The van der Waals surface area contributed by atoms with E-state index in [2.05, 4.69) is 69.6 Å². The Morgan fingerprint density at radius 1 is 1.10 bits per heavy atom. The predicted molar refractivity (Wildman–Crippen MR) is 89.4 cm³/mol. The summed E-state index contributed by atoms with van der Waals surface area (Å²) in [5, 5.41) is 5.91. The van der Waals surface area contributed by atoms with E-state index in [0.717, 1.165) is 6.54 Å². The molecule has 0 aliphatic heterocycles. The fraction of sp³-hybridized carbons (Fsp3) is 0.444. The molecule has 1 unspecified atom stereocenters. The van der Waals surface area contributed by atoms with Gasteiger partial charge in [-0.15, -0.1) is 11.3 Å². The molecule has 2 rings (SSSR count). The summed E-state index contributed by atoms with van der Waals surface area (Å²) in [5.74, 6) is 0.597. The fourth-order valence-corrected chi connectivity index (χ4v) is 3.81. The summed E-state index contributed by atoms with van der Waals surface area (Å²) in [4.78, 5) is 1.43. The van der Waals surface area contributed by atoms with Crippen LogP contribution < -0.4 is 5.32 Å². The van der Waals surface area contributed by atoms with Crippen molar-refractivity contribution in [2.75, 3.05) is 0 Å². The minimum atomic E-state index is 0.440. The molecule has 1 atom stereocenters. The van der Waals surface area contributed by atoms with Gasteiger partial charge in [0.2, 0.25) is 0 Å². The van der Waals surface area contributed by atoms with Crippen LogP contribution in [0.4, 0.5) is 0 Å². The minimum absolute atomic E-state index is 0.440. The highest BCUT2D eigenvalue weighted by atomic mass is 32.1. The number of benzene rings is 1. The Morgan fingerprint density at radius 2 is 1.75 bits per heavy atom. The quantitative estimate of drug-likeness (QED) is 0.801. The van der Waals surface area contributed by atoms with Gasteiger partial charge in [-0.3, -0.25) is 0 Å². The van der Waals surface area contributed by atoms with Gasteiger partial charge in [-0.1, -0.05) is 37.6 Å². The summed E-state index contributed by atoms with van der Waals surface area (Å²) in [5.41, 5.74) is 5.58. The number of thiophene rings is 1. The molecule has 20 heavy (non-hydrogen) atoms. The van der Waals surface area contributed by atoms with Crippen molar-refractivity contribution in [3.8, 4) is 0 Å². The third kappa shape index (κ3) is 3.50. The summed E-state index contributed by atoms with van der Waals surface area (Å²) in [6.45, 7) is 12.1. The molecule has 2 aromatic rings. The van der Waals surface area contributed by atoms with Crippen molar-refractivity contribution in [1.29, 1.82) is 0 Å². The second-order valence-corrected chi connectivity index (χ2v) is 6.97. The van der Waals surface area contributed by atoms with Gasteiger partial charge in [0.25, 0.3) is 0 Å². The number of rotatable bonds is 5. The largest absolute Gasteiger partial charge is 0.305 e. The van der Waals surface area contributed by atoms with E-state index < -0.39 is 0 Å². The zero-order valence-electron chi connectivity index (χ0n) is 13.2. The van der Waals surface area contributed by atoms with E-state index in [9.17, 15) is 0 Å². The van der Waals surface area contributed by atoms with Gasteiger partial charge in [0.05, 0.1) is 0 Å². The van der Waals surface area contributed by atoms with Crippen LogP contribution in [0.3, 0.4) is 0 Å². The molecule has 0 saturated heterocycles. The Hall–Kier alpha value is -1.12. The van der Waals surface area contributed by atoms with E-state index >= 15 is 0 Å². The lowest BCUT2D eigenvalue weighted by Gasteiger charge is -2.23. The monoisotopic (exact) mass is 287 g/mol. The average molecular weight is 287 g/mol. The molecule has 0 aliphatic carbocycles. The summed E-state index contributed by atoms with van der Waals surface area (Å²) in [7, 11) is 0. The molecular weight excluding hydrogens is 262 g/mol. The zero-order chi connectivity index (χ0) is 14.7. The molecular formula is C18H25NS.